The van der Waals surface area contributed by atoms with Crippen molar-refractivity contribution in [3.63, 3.8) is 0 Å². The van der Waals surface area contributed by atoms with Gasteiger partial charge in [-0.05, 0) is 17.7 Å². The van der Waals surface area contributed by atoms with Crippen LogP contribution in [0.25, 0.3) is 0 Å². The van der Waals surface area contributed by atoms with E-state index in [0.29, 0.717) is 23.5 Å². The Balaban J connectivity index is 2.24. The highest BCUT2D eigenvalue weighted by Gasteiger charge is 2.13. The van der Waals surface area contributed by atoms with E-state index in [1.54, 1.807) is 32.4 Å². The molecule has 0 saturated carbocycles. The second kappa shape index (κ2) is 6.05. The van der Waals surface area contributed by atoms with Crippen LogP contribution in [0.4, 0.5) is 0 Å². The van der Waals surface area contributed by atoms with Crippen LogP contribution in [0, 0.1) is 0 Å². The van der Waals surface area contributed by atoms with Gasteiger partial charge in [0.15, 0.2) is 5.78 Å². The van der Waals surface area contributed by atoms with Crippen LogP contribution in [0.15, 0.2) is 48.5 Å². The summed E-state index contributed by atoms with van der Waals surface area (Å²) in [6.07, 6.45) is 0.365. The summed E-state index contributed by atoms with van der Waals surface area (Å²) in [5.41, 5.74) is 1.57. The summed E-state index contributed by atoms with van der Waals surface area (Å²) in [5.74, 6) is 1.25. The molecule has 3 heteroatoms. The lowest BCUT2D eigenvalue weighted by atomic mass is 10.0. The Hall–Kier alpha value is -2.29. The van der Waals surface area contributed by atoms with Crippen molar-refractivity contribution in [3.8, 4) is 11.5 Å². The Labute approximate surface area is 112 Å². The van der Waals surface area contributed by atoms with Gasteiger partial charge in [0.05, 0.1) is 19.8 Å². The molecule has 0 fully saturated rings. The lowest BCUT2D eigenvalue weighted by Crippen LogP contribution is -2.06. The van der Waals surface area contributed by atoms with Gasteiger partial charge >= 0.3 is 0 Å². The maximum absolute atomic E-state index is 12.3. The van der Waals surface area contributed by atoms with Crippen LogP contribution in [0.2, 0.25) is 0 Å². The number of Topliss-reactive ketones (excluding diaryl/α,β-unsaturated/α-hetero) is 1. The highest BCUT2D eigenvalue weighted by atomic mass is 16.5. The SMILES string of the molecule is COc1ccc(C(=O)Cc2ccccc2)c(OC)c1. The molecule has 2 aromatic carbocycles. The summed E-state index contributed by atoms with van der Waals surface area (Å²) in [7, 11) is 3.13. The van der Waals surface area contributed by atoms with Crippen molar-refractivity contribution in [1.29, 1.82) is 0 Å². The number of carbonyl (C=O) groups is 1. The number of hydrogen-bond donors (Lipinski definition) is 0. The van der Waals surface area contributed by atoms with Gasteiger partial charge in [0.25, 0.3) is 0 Å². The van der Waals surface area contributed by atoms with Crippen molar-refractivity contribution in [2.24, 2.45) is 0 Å². The predicted molar refractivity (Wildman–Crippen MR) is 74.0 cm³/mol. The van der Waals surface area contributed by atoms with Crippen LogP contribution in [0.3, 0.4) is 0 Å². The second-order valence-corrected chi connectivity index (χ2v) is 4.15. The van der Waals surface area contributed by atoms with E-state index in [0.717, 1.165) is 5.56 Å². The fourth-order valence-electron chi connectivity index (χ4n) is 1.91. The topological polar surface area (TPSA) is 35.5 Å². The molecule has 0 amide bonds. The fourth-order valence-corrected chi connectivity index (χ4v) is 1.91. The summed E-state index contributed by atoms with van der Waals surface area (Å²) in [6.45, 7) is 0. The summed E-state index contributed by atoms with van der Waals surface area (Å²) in [4.78, 5) is 12.3. The molecule has 3 nitrogen and oxygen atoms in total. The molecule has 19 heavy (non-hydrogen) atoms. The quantitative estimate of drug-likeness (QED) is 0.771. The molecule has 0 spiro atoms. The maximum Gasteiger partial charge on any atom is 0.170 e. The molecule has 0 N–H and O–H groups in total. The summed E-state index contributed by atoms with van der Waals surface area (Å²) in [5, 5.41) is 0. The molecule has 2 aromatic rings. The van der Waals surface area contributed by atoms with Gasteiger partial charge in [0.2, 0.25) is 0 Å². The van der Waals surface area contributed by atoms with E-state index in [1.165, 1.54) is 0 Å². The number of methoxy groups -OCH3 is 2. The van der Waals surface area contributed by atoms with Gasteiger partial charge in [-0.15, -0.1) is 0 Å². The van der Waals surface area contributed by atoms with E-state index in [1.807, 2.05) is 30.3 Å². The molecule has 0 atom stereocenters. The van der Waals surface area contributed by atoms with Crippen LogP contribution in [-0.2, 0) is 6.42 Å². The van der Waals surface area contributed by atoms with Gasteiger partial charge in [-0.2, -0.15) is 0 Å². The average Bonchev–Trinajstić information content (AvgIpc) is 2.47. The Morgan fingerprint density at radius 1 is 1.00 bits per heavy atom. The maximum atomic E-state index is 12.3. The van der Waals surface area contributed by atoms with Crippen molar-refractivity contribution < 1.29 is 14.3 Å². The zero-order valence-electron chi connectivity index (χ0n) is 11.1. The van der Waals surface area contributed by atoms with E-state index in [4.69, 9.17) is 9.47 Å². The van der Waals surface area contributed by atoms with Crippen molar-refractivity contribution in [1.82, 2.24) is 0 Å². The molecular weight excluding hydrogens is 240 g/mol. The Kier molecular flexibility index (Phi) is 4.18. The Morgan fingerprint density at radius 3 is 2.37 bits per heavy atom. The van der Waals surface area contributed by atoms with Gasteiger partial charge in [-0.1, -0.05) is 30.3 Å². The first kappa shape index (κ1) is 13.1. The fraction of sp³-hybridized carbons (Fsp3) is 0.188. The zero-order chi connectivity index (χ0) is 13.7. The lowest BCUT2D eigenvalue weighted by molar-refractivity contribution is 0.0990. The van der Waals surface area contributed by atoms with Crippen molar-refractivity contribution in [2.45, 2.75) is 6.42 Å². The van der Waals surface area contributed by atoms with E-state index in [-0.39, 0.29) is 5.78 Å². The van der Waals surface area contributed by atoms with E-state index in [2.05, 4.69) is 0 Å². The van der Waals surface area contributed by atoms with Gasteiger partial charge < -0.3 is 9.47 Å². The first-order valence-electron chi connectivity index (χ1n) is 6.03. The Bertz CT molecular complexity index is 561. The van der Waals surface area contributed by atoms with Crippen LogP contribution >= 0.6 is 0 Å². The van der Waals surface area contributed by atoms with E-state index in [9.17, 15) is 4.79 Å². The van der Waals surface area contributed by atoms with E-state index >= 15 is 0 Å². The summed E-state index contributed by atoms with van der Waals surface area (Å²) < 4.78 is 10.4. The summed E-state index contributed by atoms with van der Waals surface area (Å²) >= 11 is 0. The van der Waals surface area contributed by atoms with Crippen LogP contribution in [-0.4, -0.2) is 20.0 Å². The van der Waals surface area contributed by atoms with Gasteiger partial charge in [-0.25, -0.2) is 0 Å². The van der Waals surface area contributed by atoms with Crippen molar-refractivity contribution in [2.75, 3.05) is 14.2 Å². The number of rotatable bonds is 5. The zero-order valence-corrected chi connectivity index (χ0v) is 11.1. The van der Waals surface area contributed by atoms with Crippen LogP contribution in [0.1, 0.15) is 15.9 Å². The molecule has 2 rings (SSSR count). The minimum absolute atomic E-state index is 0.0331. The molecule has 0 bridgehead atoms. The van der Waals surface area contributed by atoms with Crippen LogP contribution < -0.4 is 9.47 Å². The molecule has 0 aromatic heterocycles. The third kappa shape index (κ3) is 3.13. The normalized spacial score (nSPS) is 10.0. The molecule has 0 heterocycles. The highest BCUT2D eigenvalue weighted by Crippen LogP contribution is 2.25. The molecule has 0 radical (unpaired) electrons. The highest BCUT2D eigenvalue weighted by molar-refractivity contribution is 6.00. The molecule has 98 valence electrons. The number of ketones is 1. The molecule has 0 aliphatic rings. The lowest BCUT2D eigenvalue weighted by Gasteiger charge is -2.09. The number of hydrogen-bond acceptors (Lipinski definition) is 3. The van der Waals surface area contributed by atoms with Crippen molar-refractivity contribution in [3.05, 3.63) is 59.7 Å². The van der Waals surface area contributed by atoms with Crippen LogP contribution in [0.5, 0.6) is 11.5 Å². The van der Waals surface area contributed by atoms with Crippen molar-refractivity contribution >= 4 is 5.78 Å². The molecule has 0 aliphatic heterocycles. The minimum atomic E-state index is 0.0331. The minimum Gasteiger partial charge on any atom is -0.497 e. The van der Waals surface area contributed by atoms with Gasteiger partial charge in [0.1, 0.15) is 11.5 Å². The third-order valence-electron chi connectivity index (χ3n) is 2.92. The van der Waals surface area contributed by atoms with E-state index < -0.39 is 0 Å². The number of benzene rings is 2. The molecular formula is C16H16O3. The number of ether oxygens (including phenoxy) is 2. The summed E-state index contributed by atoms with van der Waals surface area (Å²) in [6, 6.07) is 14.9. The molecule has 0 unspecified atom stereocenters. The first-order chi connectivity index (χ1) is 9.24. The molecule has 0 saturated heterocycles. The molecule has 0 aliphatic carbocycles. The average molecular weight is 256 g/mol. The smallest absolute Gasteiger partial charge is 0.170 e. The van der Waals surface area contributed by atoms with Gasteiger partial charge in [0, 0.05) is 12.5 Å². The Morgan fingerprint density at radius 2 is 1.74 bits per heavy atom. The third-order valence-corrected chi connectivity index (χ3v) is 2.92. The first-order valence-corrected chi connectivity index (χ1v) is 6.03. The number of carbonyl (C=O) groups excluding carboxylic acids is 1. The largest absolute Gasteiger partial charge is 0.497 e. The van der Waals surface area contributed by atoms with Gasteiger partial charge in [-0.3, -0.25) is 4.79 Å². The second-order valence-electron chi connectivity index (χ2n) is 4.15. The predicted octanol–water partition coefficient (Wildman–Crippen LogP) is 3.13. The monoisotopic (exact) mass is 256 g/mol. The standard InChI is InChI=1S/C16H16O3/c1-18-13-8-9-14(16(11-13)19-2)15(17)10-12-6-4-3-5-7-12/h3-9,11H,10H2,1-2H3.